The van der Waals surface area contributed by atoms with Gasteiger partial charge in [0.15, 0.2) is 0 Å². The maximum absolute atomic E-state index is 12.8. The van der Waals surface area contributed by atoms with Gasteiger partial charge in [0.25, 0.3) is 0 Å². The number of hydrogen-bond acceptors (Lipinski definition) is 6. The van der Waals surface area contributed by atoms with Crippen LogP contribution < -0.4 is 5.09 Å². The molecule has 0 aromatic heterocycles. The van der Waals surface area contributed by atoms with Gasteiger partial charge in [0.05, 0.1) is 25.9 Å². The first kappa shape index (κ1) is 21.5. The second kappa shape index (κ2) is 10.3. The number of methoxy groups -OCH3 is 1. The number of carbonyl (C=O) groups is 1. The van der Waals surface area contributed by atoms with Crippen LogP contribution in [0.1, 0.15) is 47.5 Å². The molecule has 0 fully saturated rings. The standard InChI is InChI=1S/C14H30NO6P/c1-7-19-10-11-20-22(17,21-14(3,4)5)15-12(2)8-9-13(16)18-6/h12H,7-11H2,1-6H3,(H,15,17). The fourth-order valence-corrected chi connectivity index (χ4v) is 3.47. The van der Waals surface area contributed by atoms with E-state index in [2.05, 4.69) is 9.82 Å². The summed E-state index contributed by atoms with van der Waals surface area (Å²) in [4.78, 5) is 11.2. The number of carbonyl (C=O) groups excluding carboxylic acids is 1. The Hall–Kier alpha value is -0.460. The number of esters is 1. The molecule has 0 spiro atoms. The van der Waals surface area contributed by atoms with Crippen molar-refractivity contribution in [3.05, 3.63) is 0 Å². The summed E-state index contributed by atoms with van der Waals surface area (Å²) in [6, 6.07) is -0.223. The number of nitrogens with one attached hydrogen (secondary N) is 1. The van der Waals surface area contributed by atoms with Gasteiger partial charge in [-0.15, -0.1) is 0 Å². The van der Waals surface area contributed by atoms with E-state index in [-0.39, 0.29) is 25.0 Å². The van der Waals surface area contributed by atoms with Crippen molar-refractivity contribution in [2.24, 2.45) is 0 Å². The van der Waals surface area contributed by atoms with E-state index in [0.29, 0.717) is 19.6 Å². The van der Waals surface area contributed by atoms with Crippen molar-refractivity contribution in [1.29, 1.82) is 0 Å². The molecule has 0 aliphatic heterocycles. The van der Waals surface area contributed by atoms with E-state index in [9.17, 15) is 9.36 Å². The molecule has 0 bridgehead atoms. The van der Waals surface area contributed by atoms with E-state index in [0.717, 1.165) is 0 Å². The third-order valence-electron chi connectivity index (χ3n) is 2.47. The molecule has 132 valence electrons. The lowest BCUT2D eigenvalue weighted by molar-refractivity contribution is -0.140. The minimum Gasteiger partial charge on any atom is -0.469 e. The Bertz CT molecular complexity index is 369. The van der Waals surface area contributed by atoms with Crippen molar-refractivity contribution in [2.75, 3.05) is 26.9 Å². The normalized spacial score (nSPS) is 16.1. The first-order valence-electron chi connectivity index (χ1n) is 7.49. The first-order chi connectivity index (χ1) is 10.1. The first-order valence-corrected chi connectivity index (χ1v) is 9.04. The van der Waals surface area contributed by atoms with Crippen molar-refractivity contribution >= 4 is 13.7 Å². The molecule has 0 aliphatic carbocycles. The van der Waals surface area contributed by atoms with Gasteiger partial charge in [0.2, 0.25) is 0 Å². The van der Waals surface area contributed by atoms with Crippen LogP contribution in [0.5, 0.6) is 0 Å². The smallest absolute Gasteiger partial charge is 0.406 e. The molecule has 0 heterocycles. The van der Waals surface area contributed by atoms with Gasteiger partial charge < -0.3 is 9.47 Å². The van der Waals surface area contributed by atoms with Crippen LogP contribution in [0.25, 0.3) is 0 Å². The number of hydrogen-bond donors (Lipinski definition) is 1. The summed E-state index contributed by atoms with van der Waals surface area (Å²) in [5.74, 6) is -0.308. The highest BCUT2D eigenvalue weighted by atomic mass is 31.2. The van der Waals surface area contributed by atoms with Crippen molar-refractivity contribution in [1.82, 2.24) is 5.09 Å². The SMILES string of the molecule is CCOCCOP(=O)(NC(C)CCC(=O)OC)OC(C)(C)C. The van der Waals surface area contributed by atoms with Crippen LogP contribution in [-0.2, 0) is 27.9 Å². The van der Waals surface area contributed by atoms with Crippen molar-refractivity contribution in [3.63, 3.8) is 0 Å². The summed E-state index contributed by atoms with van der Waals surface area (Å²) < 4.78 is 33.5. The van der Waals surface area contributed by atoms with E-state index in [1.165, 1.54) is 7.11 Å². The third kappa shape index (κ3) is 11.2. The lowest BCUT2D eigenvalue weighted by Crippen LogP contribution is -2.30. The van der Waals surface area contributed by atoms with Crippen LogP contribution in [0.4, 0.5) is 0 Å². The second-order valence-electron chi connectivity index (χ2n) is 5.88. The summed E-state index contributed by atoms with van der Waals surface area (Å²) in [5, 5.41) is 2.85. The van der Waals surface area contributed by atoms with E-state index >= 15 is 0 Å². The van der Waals surface area contributed by atoms with E-state index < -0.39 is 13.3 Å². The largest absolute Gasteiger partial charge is 0.469 e. The molecule has 0 aromatic rings. The highest BCUT2D eigenvalue weighted by molar-refractivity contribution is 7.51. The van der Waals surface area contributed by atoms with E-state index in [1.54, 1.807) is 20.8 Å². The van der Waals surface area contributed by atoms with Crippen LogP contribution in [0.3, 0.4) is 0 Å². The summed E-state index contributed by atoms with van der Waals surface area (Å²) in [6.07, 6.45) is 0.706. The summed E-state index contributed by atoms with van der Waals surface area (Å²) >= 11 is 0. The van der Waals surface area contributed by atoms with Gasteiger partial charge in [-0.25, -0.2) is 9.65 Å². The predicted octanol–water partition coefficient (Wildman–Crippen LogP) is 2.89. The molecule has 2 atom stereocenters. The zero-order chi connectivity index (χ0) is 17.2. The Morgan fingerprint density at radius 2 is 1.91 bits per heavy atom. The van der Waals surface area contributed by atoms with E-state index in [4.69, 9.17) is 13.8 Å². The van der Waals surface area contributed by atoms with Crippen LogP contribution in [-0.4, -0.2) is 44.5 Å². The Morgan fingerprint density at radius 1 is 1.27 bits per heavy atom. The Kier molecular flexibility index (Phi) is 10.1. The Balaban J connectivity index is 4.56. The molecule has 0 radical (unpaired) electrons. The average Bonchev–Trinajstić information content (AvgIpc) is 2.38. The van der Waals surface area contributed by atoms with Gasteiger partial charge >= 0.3 is 13.7 Å². The average molecular weight is 339 g/mol. The summed E-state index contributed by atoms with van der Waals surface area (Å²) in [7, 11) is -2.15. The highest BCUT2D eigenvalue weighted by Crippen LogP contribution is 2.48. The molecule has 1 N–H and O–H groups in total. The van der Waals surface area contributed by atoms with E-state index in [1.807, 2.05) is 13.8 Å². The van der Waals surface area contributed by atoms with Crippen molar-refractivity contribution in [3.8, 4) is 0 Å². The molecule has 7 nitrogen and oxygen atoms in total. The topological polar surface area (TPSA) is 83.1 Å². The molecule has 22 heavy (non-hydrogen) atoms. The van der Waals surface area contributed by atoms with Gasteiger partial charge in [-0.05, 0) is 41.0 Å². The van der Waals surface area contributed by atoms with Crippen LogP contribution >= 0.6 is 7.75 Å². The predicted molar refractivity (Wildman–Crippen MR) is 84.7 cm³/mol. The van der Waals surface area contributed by atoms with Gasteiger partial charge in [-0.3, -0.25) is 13.8 Å². The van der Waals surface area contributed by atoms with Gasteiger partial charge in [-0.1, -0.05) is 0 Å². The minimum absolute atomic E-state index is 0.165. The third-order valence-corrected chi connectivity index (χ3v) is 4.54. The zero-order valence-corrected chi connectivity index (χ0v) is 15.4. The maximum atomic E-state index is 12.8. The quantitative estimate of drug-likeness (QED) is 0.352. The molecule has 8 heteroatoms. The fraction of sp³-hybridized carbons (Fsp3) is 0.929. The number of rotatable bonds is 11. The molecular formula is C14H30NO6P. The van der Waals surface area contributed by atoms with Gasteiger partial charge in [0.1, 0.15) is 0 Å². The monoisotopic (exact) mass is 339 g/mol. The molecule has 0 aliphatic rings. The van der Waals surface area contributed by atoms with Crippen molar-refractivity contribution < 1.29 is 27.9 Å². The van der Waals surface area contributed by atoms with Crippen LogP contribution in [0.2, 0.25) is 0 Å². The molecule has 0 saturated heterocycles. The maximum Gasteiger partial charge on any atom is 0.406 e. The number of ether oxygens (including phenoxy) is 2. The summed E-state index contributed by atoms with van der Waals surface area (Å²) in [6.45, 7) is 10.2. The second-order valence-corrected chi connectivity index (χ2v) is 7.57. The molecule has 2 unspecified atom stereocenters. The minimum atomic E-state index is -3.49. The highest BCUT2D eigenvalue weighted by Gasteiger charge is 2.32. The van der Waals surface area contributed by atoms with Gasteiger partial charge in [0, 0.05) is 19.1 Å². The molecule has 0 rings (SSSR count). The molecule has 0 amide bonds. The Labute approximate surface area is 133 Å². The summed E-state index contributed by atoms with van der Waals surface area (Å²) in [5.41, 5.74) is -0.629. The Morgan fingerprint density at radius 3 is 2.41 bits per heavy atom. The molecular weight excluding hydrogens is 309 g/mol. The zero-order valence-electron chi connectivity index (χ0n) is 14.5. The lowest BCUT2D eigenvalue weighted by atomic mass is 10.2. The van der Waals surface area contributed by atoms with Crippen LogP contribution in [0, 0.1) is 0 Å². The van der Waals surface area contributed by atoms with Gasteiger partial charge in [-0.2, -0.15) is 0 Å². The molecule has 0 aromatic carbocycles. The van der Waals surface area contributed by atoms with Crippen molar-refractivity contribution in [2.45, 2.75) is 59.1 Å². The van der Waals surface area contributed by atoms with Crippen LogP contribution in [0.15, 0.2) is 0 Å². The molecule has 0 saturated carbocycles. The lowest BCUT2D eigenvalue weighted by Gasteiger charge is -2.29. The fourth-order valence-electron chi connectivity index (χ4n) is 1.58.